The van der Waals surface area contributed by atoms with Gasteiger partial charge in [0.05, 0.1) is 12.3 Å². The summed E-state index contributed by atoms with van der Waals surface area (Å²) in [4.78, 5) is 4.12. The van der Waals surface area contributed by atoms with Crippen LogP contribution < -0.4 is 5.73 Å². The molecule has 0 aliphatic heterocycles. The minimum atomic E-state index is 0.488. The molecule has 0 fully saturated rings. The molecule has 1 aromatic heterocycles. The summed E-state index contributed by atoms with van der Waals surface area (Å²) in [5.74, 6) is 0.500. The minimum absolute atomic E-state index is 0.488. The van der Waals surface area contributed by atoms with Crippen LogP contribution in [0.15, 0.2) is 18.7 Å². The quantitative estimate of drug-likeness (QED) is 0.735. The first kappa shape index (κ1) is 8.74. The van der Waals surface area contributed by atoms with Gasteiger partial charge in [-0.05, 0) is 12.1 Å². The highest BCUT2D eigenvalue weighted by Gasteiger charge is 1.98. The van der Waals surface area contributed by atoms with E-state index in [-0.39, 0.29) is 0 Å². The van der Waals surface area contributed by atoms with Crippen LogP contribution in [0.4, 0.5) is 5.82 Å². The van der Waals surface area contributed by atoms with Crippen LogP contribution in [-0.4, -0.2) is 12.1 Å². The van der Waals surface area contributed by atoms with Crippen molar-refractivity contribution in [1.29, 1.82) is 0 Å². The molecule has 0 radical (unpaired) electrons. The van der Waals surface area contributed by atoms with Crippen molar-refractivity contribution in [2.45, 2.75) is 6.61 Å². The number of hydrogen-bond donors (Lipinski definition) is 1. The maximum absolute atomic E-state index is 5.62. The van der Waals surface area contributed by atoms with E-state index in [1.807, 2.05) is 12.1 Å². The summed E-state index contributed by atoms with van der Waals surface area (Å²) in [5.41, 5.74) is 7.31. The predicted octanol–water partition coefficient (Wildman–Crippen LogP) is 1.45. The zero-order chi connectivity index (χ0) is 8.97. The Kier molecular flexibility index (Phi) is 2.82. The summed E-state index contributed by atoms with van der Waals surface area (Å²) in [7, 11) is 1.62. The predicted molar refractivity (Wildman–Crippen MR) is 49.5 cm³/mol. The molecular formula is C9H12N2O. The standard InChI is InChI=1S/C9H12N2O/c1-3-7-4-5-8(6-12-2)11-9(7)10/h3-5H,1,6H2,2H3,(H2,10,11). The average molecular weight is 164 g/mol. The monoisotopic (exact) mass is 164 g/mol. The summed E-state index contributed by atoms with van der Waals surface area (Å²) in [6, 6.07) is 3.75. The number of ether oxygens (including phenoxy) is 1. The molecule has 0 aliphatic carbocycles. The van der Waals surface area contributed by atoms with Gasteiger partial charge < -0.3 is 10.5 Å². The first-order valence-corrected chi connectivity index (χ1v) is 3.64. The van der Waals surface area contributed by atoms with Gasteiger partial charge in [0.1, 0.15) is 5.82 Å². The van der Waals surface area contributed by atoms with Crippen molar-refractivity contribution >= 4 is 11.9 Å². The van der Waals surface area contributed by atoms with Crippen LogP contribution >= 0.6 is 0 Å². The van der Waals surface area contributed by atoms with E-state index in [1.165, 1.54) is 0 Å². The molecule has 0 aliphatic rings. The first-order chi connectivity index (χ1) is 5.77. The Morgan fingerprint density at radius 2 is 2.42 bits per heavy atom. The van der Waals surface area contributed by atoms with Gasteiger partial charge in [0, 0.05) is 12.7 Å². The normalized spacial score (nSPS) is 9.75. The lowest BCUT2D eigenvalue weighted by Crippen LogP contribution is -1.98. The summed E-state index contributed by atoms with van der Waals surface area (Å²) in [6.07, 6.45) is 1.68. The third-order valence-electron chi connectivity index (χ3n) is 1.53. The number of aromatic nitrogens is 1. The maximum Gasteiger partial charge on any atom is 0.131 e. The lowest BCUT2D eigenvalue weighted by Gasteiger charge is -2.02. The Hall–Kier alpha value is -1.35. The van der Waals surface area contributed by atoms with E-state index in [4.69, 9.17) is 10.5 Å². The van der Waals surface area contributed by atoms with Crippen molar-refractivity contribution in [3.05, 3.63) is 30.0 Å². The van der Waals surface area contributed by atoms with Crippen LogP contribution in [0, 0.1) is 0 Å². The highest BCUT2D eigenvalue weighted by Crippen LogP contribution is 2.11. The van der Waals surface area contributed by atoms with Crippen molar-refractivity contribution < 1.29 is 4.74 Å². The number of nitrogens with zero attached hydrogens (tertiary/aromatic N) is 1. The van der Waals surface area contributed by atoms with Crippen LogP contribution in [0.1, 0.15) is 11.3 Å². The minimum Gasteiger partial charge on any atom is -0.383 e. The Morgan fingerprint density at radius 1 is 1.67 bits per heavy atom. The number of rotatable bonds is 3. The third kappa shape index (κ3) is 1.83. The average Bonchev–Trinajstić information content (AvgIpc) is 2.05. The first-order valence-electron chi connectivity index (χ1n) is 3.64. The van der Waals surface area contributed by atoms with Gasteiger partial charge in [0.25, 0.3) is 0 Å². The number of nitrogen functional groups attached to an aromatic ring is 1. The lowest BCUT2D eigenvalue weighted by molar-refractivity contribution is 0.181. The molecule has 0 amide bonds. The number of anilines is 1. The van der Waals surface area contributed by atoms with Crippen molar-refractivity contribution in [1.82, 2.24) is 4.98 Å². The summed E-state index contributed by atoms with van der Waals surface area (Å²) in [5, 5.41) is 0. The van der Waals surface area contributed by atoms with Gasteiger partial charge in [-0.25, -0.2) is 4.98 Å². The van der Waals surface area contributed by atoms with Gasteiger partial charge in [0.15, 0.2) is 0 Å². The van der Waals surface area contributed by atoms with E-state index in [9.17, 15) is 0 Å². The Morgan fingerprint density at radius 3 is 2.92 bits per heavy atom. The molecule has 0 unspecified atom stereocenters. The van der Waals surface area contributed by atoms with E-state index in [0.717, 1.165) is 11.3 Å². The third-order valence-corrected chi connectivity index (χ3v) is 1.53. The molecule has 0 saturated heterocycles. The molecule has 1 rings (SSSR count). The molecule has 64 valence electrons. The molecule has 0 aromatic carbocycles. The summed E-state index contributed by atoms with van der Waals surface area (Å²) < 4.78 is 4.91. The molecular weight excluding hydrogens is 152 g/mol. The highest BCUT2D eigenvalue weighted by atomic mass is 16.5. The van der Waals surface area contributed by atoms with Crippen LogP contribution in [0.3, 0.4) is 0 Å². The molecule has 0 saturated carbocycles. The van der Waals surface area contributed by atoms with Crippen molar-refractivity contribution in [2.75, 3.05) is 12.8 Å². The van der Waals surface area contributed by atoms with Crippen LogP contribution in [-0.2, 0) is 11.3 Å². The second-order valence-electron chi connectivity index (χ2n) is 2.41. The maximum atomic E-state index is 5.62. The van der Waals surface area contributed by atoms with Crippen LogP contribution in [0.25, 0.3) is 6.08 Å². The van der Waals surface area contributed by atoms with E-state index >= 15 is 0 Å². The molecule has 3 nitrogen and oxygen atoms in total. The molecule has 0 atom stereocenters. The molecule has 1 heterocycles. The molecule has 3 heteroatoms. The number of methoxy groups -OCH3 is 1. The number of nitrogens with two attached hydrogens (primary N) is 1. The zero-order valence-corrected chi connectivity index (χ0v) is 7.08. The number of pyridine rings is 1. The van der Waals surface area contributed by atoms with Gasteiger partial charge in [-0.15, -0.1) is 0 Å². The summed E-state index contributed by atoms with van der Waals surface area (Å²) in [6.45, 7) is 4.10. The molecule has 0 bridgehead atoms. The van der Waals surface area contributed by atoms with E-state index in [1.54, 1.807) is 13.2 Å². The Balaban J connectivity index is 2.93. The van der Waals surface area contributed by atoms with E-state index in [0.29, 0.717) is 12.4 Å². The van der Waals surface area contributed by atoms with Gasteiger partial charge in [-0.2, -0.15) is 0 Å². The van der Waals surface area contributed by atoms with Crippen molar-refractivity contribution in [3.63, 3.8) is 0 Å². The summed E-state index contributed by atoms with van der Waals surface area (Å²) >= 11 is 0. The SMILES string of the molecule is C=Cc1ccc(COC)nc1N. The second-order valence-corrected chi connectivity index (χ2v) is 2.41. The second kappa shape index (κ2) is 3.88. The van der Waals surface area contributed by atoms with Gasteiger partial charge in [0.2, 0.25) is 0 Å². The Bertz CT molecular complexity index is 284. The van der Waals surface area contributed by atoms with Crippen molar-refractivity contribution in [2.24, 2.45) is 0 Å². The van der Waals surface area contributed by atoms with Gasteiger partial charge in [-0.1, -0.05) is 12.7 Å². The molecule has 1 aromatic rings. The van der Waals surface area contributed by atoms with Gasteiger partial charge in [-0.3, -0.25) is 0 Å². The van der Waals surface area contributed by atoms with E-state index < -0.39 is 0 Å². The fourth-order valence-electron chi connectivity index (χ4n) is 0.929. The lowest BCUT2D eigenvalue weighted by atomic mass is 10.2. The van der Waals surface area contributed by atoms with Crippen molar-refractivity contribution in [3.8, 4) is 0 Å². The molecule has 2 N–H and O–H groups in total. The topological polar surface area (TPSA) is 48.1 Å². The fourth-order valence-corrected chi connectivity index (χ4v) is 0.929. The Labute approximate surface area is 71.9 Å². The smallest absolute Gasteiger partial charge is 0.131 e. The largest absolute Gasteiger partial charge is 0.383 e. The van der Waals surface area contributed by atoms with E-state index in [2.05, 4.69) is 11.6 Å². The highest BCUT2D eigenvalue weighted by molar-refractivity contribution is 5.59. The number of hydrogen-bond acceptors (Lipinski definition) is 3. The zero-order valence-electron chi connectivity index (χ0n) is 7.08. The van der Waals surface area contributed by atoms with Crippen LogP contribution in [0.5, 0.6) is 0 Å². The molecule has 0 spiro atoms. The fraction of sp³-hybridized carbons (Fsp3) is 0.222. The van der Waals surface area contributed by atoms with Gasteiger partial charge >= 0.3 is 0 Å². The van der Waals surface area contributed by atoms with Crippen LogP contribution in [0.2, 0.25) is 0 Å². The molecule has 12 heavy (non-hydrogen) atoms.